The van der Waals surface area contributed by atoms with Crippen LogP contribution in [-0.4, -0.2) is 6.61 Å². The fourth-order valence-corrected chi connectivity index (χ4v) is 2.30. The van der Waals surface area contributed by atoms with E-state index in [0.717, 1.165) is 17.7 Å². The van der Waals surface area contributed by atoms with Crippen molar-refractivity contribution in [3.63, 3.8) is 0 Å². The average Bonchev–Trinajstić information content (AvgIpc) is 2.61. The highest BCUT2D eigenvalue weighted by Gasteiger charge is 1.91. The second kappa shape index (κ2) is 10.1. The number of aryl methyl sites for hydroxylation is 1. The molecule has 0 amide bonds. The SMILES string of the molecule is CCCc1ccc(C=CC#CC=Cc2ccc(OCC)cc2)cc1. The predicted molar refractivity (Wildman–Crippen MR) is 104 cm³/mol. The van der Waals surface area contributed by atoms with Crippen molar-refractivity contribution in [2.24, 2.45) is 0 Å². The molecule has 0 N–H and O–H groups in total. The first kappa shape index (κ1) is 17.6. The highest BCUT2D eigenvalue weighted by Crippen LogP contribution is 2.12. The third kappa shape index (κ3) is 6.18. The summed E-state index contributed by atoms with van der Waals surface area (Å²) in [6.07, 6.45) is 10.1. The minimum Gasteiger partial charge on any atom is -0.494 e. The fraction of sp³-hybridized carbons (Fsp3) is 0.217. The third-order valence-electron chi connectivity index (χ3n) is 3.51. The Balaban J connectivity index is 1.86. The zero-order chi connectivity index (χ0) is 17.0. The van der Waals surface area contributed by atoms with E-state index in [4.69, 9.17) is 4.74 Å². The molecule has 0 radical (unpaired) electrons. The summed E-state index contributed by atoms with van der Waals surface area (Å²) in [5.41, 5.74) is 3.68. The molecule has 0 bridgehead atoms. The number of hydrogen-bond acceptors (Lipinski definition) is 1. The van der Waals surface area contributed by atoms with Crippen LogP contribution < -0.4 is 4.74 Å². The first-order valence-corrected chi connectivity index (χ1v) is 8.47. The molecule has 0 aliphatic heterocycles. The topological polar surface area (TPSA) is 9.23 Å². The van der Waals surface area contributed by atoms with Crippen LogP contribution in [0.4, 0.5) is 0 Å². The first-order valence-electron chi connectivity index (χ1n) is 8.47. The maximum absolute atomic E-state index is 5.42. The summed E-state index contributed by atoms with van der Waals surface area (Å²) < 4.78 is 5.42. The van der Waals surface area contributed by atoms with Crippen LogP contribution in [0, 0.1) is 11.8 Å². The van der Waals surface area contributed by atoms with Gasteiger partial charge in [-0.1, -0.05) is 61.6 Å². The molecule has 0 spiro atoms. The maximum atomic E-state index is 5.42. The molecule has 0 heterocycles. The lowest BCUT2D eigenvalue weighted by Crippen LogP contribution is -1.90. The molecule has 1 nitrogen and oxygen atoms in total. The fourth-order valence-electron chi connectivity index (χ4n) is 2.30. The van der Waals surface area contributed by atoms with E-state index in [1.807, 2.05) is 55.5 Å². The van der Waals surface area contributed by atoms with Crippen LogP contribution in [0.5, 0.6) is 5.75 Å². The summed E-state index contributed by atoms with van der Waals surface area (Å²) in [7, 11) is 0. The van der Waals surface area contributed by atoms with Gasteiger partial charge in [0.2, 0.25) is 0 Å². The number of hydrogen-bond donors (Lipinski definition) is 0. The minimum atomic E-state index is 0.689. The van der Waals surface area contributed by atoms with Crippen LogP contribution in [0.1, 0.15) is 37.0 Å². The van der Waals surface area contributed by atoms with Crippen molar-refractivity contribution in [2.75, 3.05) is 6.61 Å². The third-order valence-corrected chi connectivity index (χ3v) is 3.51. The lowest BCUT2D eigenvalue weighted by Gasteiger charge is -2.01. The summed E-state index contributed by atoms with van der Waals surface area (Å²) in [4.78, 5) is 0. The standard InChI is InChI=1S/C23H24O/c1-3-9-20-12-14-21(15-13-20)10-7-5-6-8-11-22-16-18-23(19-17-22)24-4-2/h7-8,10-19H,3-4,9H2,1-2H3. The van der Waals surface area contributed by atoms with Crippen molar-refractivity contribution in [1.82, 2.24) is 0 Å². The van der Waals surface area contributed by atoms with Gasteiger partial charge in [-0.3, -0.25) is 0 Å². The van der Waals surface area contributed by atoms with Crippen LogP contribution in [0.15, 0.2) is 60.7 Å². The molecule has 122 valence electrons. The number of benzene rings is 2. The summed E-state index contributed by atoms with van der Waals surface area (Å²) in [6.45, 7) is 4.87. The average molecular weight is 316 g/mol. The minimum absolute atomic E-state index is 0.689. The van der Waals surface area contributed by atoms with Crippen LogP contribution in [0.3, 0.4) is 0 Å². The van der Waals surface area contributed by atoms with Gasteiger partial charge in [-0.2, -0.15) is 0 Å². The van der Waals surface area contributed by atoms with E-state index in [0.29, 0.717) is 6.61 Å². The van der Waals surface area contributed by atoms with Crippen LogP contribution in [-0.2, 0) is 6.42 Å². The van der Waals surface area contributed by atoms with Gasteiger partial charge in [-0.25, -0.2) is 0 Å². The molecular formula is C23H24O. The monoisotopic (exact) mass is 316 g/mol. The van der Waals surface area contributed by atoms with E-state index in [1.165, 1.54) is 17.5 Å². The Kier molecular flexibility index (Phi) is 7.44. The van der Waals surface area contributed by atoms with Gasteiger partial charge in [-0.05, 0) is 66.5 Å². The molecule has 2 aromatic carbocycles. The molecule has 2 rings (SSSR count). The molecule has 24 heavy (non-hydrogen) atoms. The molecule has 0 unspecified atom stereocenters. The predicted octanol–water partition coefficient (Wildman–Crippen LogP) is 5.77. The Labute approximate surface area is 145 Å². The maximum Gasteiger partial charge on any atom is 0.119 e. The van der Waals surface area contributed by atoms with Gasteiger partial charge < -0.3 is 4.74 Å². The van der Waals surface area contributed by atoms with Gasteiger partial charge in [0.1, 0.15) is 5.75 Å². The smallest absolute Gasteiger partial charge is 0.119 e. The Morgan fingerprint density at radius 2 is 1.33 bits per heavy atom. The van der Waals surface area contributed by atoms with E-state index < -0.39 is 0 Å². The van der Waals surface area contributed by atoms with Gasteiger partial charge in [0.15, 0.2) is 0 Å². The lowest BCUT2D eigenvalue weighted by molar-refractivity contribution is 0.340. The van der Waals surface area contributed by atoms with Crippen molar-refractivity contribution < 1.29 is 4.74 Å². The van der Waals surface area contributed by atoms with Crippen molar-refractivity contribution >= 4 is 12.2 Å². The number of allylic oxidation sites excluding steroid dienone is 2. The first-order chi connectivity index (χ1) is 11.8. The van der Waals surface area contributed by atoms with Gasteiger partial charge >= 0.3 is 0 Å². The zero-order valence-electron chi connectivity index (χ0n) is 14.5. The van der Waals surface area contributed by atoms with Gasteiger partial charge in [0.25, 0.3) is 0 Å². The second-order valence-corrected chi connectivity index (χ2v) is 5.45. The highest BCUT2D eigenvalue weighted by molar-refractivity contribution is 5.56. The molecule has 0 saturated heterocycles. The van der Waals surface area contributed by atoms with Crippen molar-refractivity contribution in [1.29, 1.82) is 0 Å². The molecule has 0 saturated carbocycles. The Morgan fingerprint density at radius 3 is 1.83 bits per heavy atom. The molecular weight excluding hydrogens is 292 g/mol. The molecule has 0 atom stereocenters. The summed E-state index contributed by atoms with van der Waals surface area (Å²) in [5.74, 6) is 6.96. The van der Waals surface area contributed by atoms with E-state index in [2.05, 4.69) is 43.0 Å². The van der Waals surface area contributed by atoms with E-state index in [-0.39, 0.29) is 0 Å². The van der Waals surface area contributed by atoms with Crippen LogP contribution in [0.2, 0.25) is 0 Å². The molecule has 0 aliphatic rings. The number of ether oxygens (including phenoxy) is 1. The van der Waals surface area contributed by atoms with Crippen LogP contribution in [0.25, 0.3) is 12.2 Å². The summed E-state index contributed by atoms with van der Waals surface area (Å²) >= 11 is 0. The van der Waals surface area contributed by atoms with Gasteiger partial charge in [0.05, 0.1) is 6.61 Å². The molecule has 0 aliphatic carbocycles. The molecule has 0 aromatic heterocycles. The summed E-state index contributed by atoms with van der Waals surface area (Å²) in [5, 5.41) is 0. The largest absolute Gasteiger partial charge is 0.494 e. The summed E-state index contributed by atoms with van der Waals surface area (Å²) in [6, 6.07) is 16.6. The molecule has 0 fully saturated rings. The van der Waals surface area contributed by atoms with Crippen molar-refractivity contribution in [3.05, 3.63) is 77.4 Å². The van der Waals surface area contributed by atoms with Gasteiger partial charge in [-0.15, -0.1) is 0 Å². The Hall–Kier alpha value is -2.72. The van der Waals surface area contributed by atoms with E-state index in [1.54, 1.807) is 0 Å². The Morgan fingerprint density at radius 1 is 0.792 bits per heavy atom. The van der Waals surface area contributed by atoms with Crippen LogP contribution >= 0.6 is 0 Å². The van der Waals surface area contributed by atoms with Crippen molar-refractivity contribution in [3.8, 4) is 17.6 Å². The number of rotatable bonds is 6. The lowest BCUT2D eigenvalue weighted by atomic mass is 10.1. The van der Waals surface area contributed by atoms with Gasteiger partial charge in [0, 0.05) is 0 Å². The van der Waals surface area contributed by atoms with Crippen molar-refractivity contribution in [2.45, 2.75) is 26.7 Å². The second-order valence-electron chi connectivity index (χ2n) is 5.45. The van der Waals surface area contributed by atoms with E-state index in [9.17, 15) is 0 Å². The molecule has 1 heteroatoms. The Bertz CT molecular complexity index is 659. The molecule has 2 aromatic rings. The highest BCUT2D eigenvalue weighted by atomic mass is 16.5. The quantitative estimate of drug-likeness (QED) is 0.615. The normalized spacial score (nSPS) is 10.8. The zero-order valence-corrected chi connectivity index (χ0v) is 14.5. The van der Waals surface area contributed by atoms with E-state index >= 15 is 0 Å².